The van der Waals surface area contributed by atoms with Crippen molar-refractivity contribution in [2.45, 2.75) is 77.8 Å². The molecule has 0 aromatic rings. The largest absolute Gasteiger partial charge is 0.308 e. The van der Waals surface area contributed by atoms with E-state index >= 15 is 0 Å². The van der Waals surface area contributed by atoms with E-state index < -0.39 is 0 Å². The maximum Gasteiger partial charge on any atom is 0.0309 e. The minimum Gasteiger partial charge on any atom is -0.308 e. The number of rotatable bonds is 6. The van der Waals surface area contributed by atoms with Crippen molar-refractivity contribution >= 4 is 0 Å². The van der Waals surface area contributed by atoms with Gasteiger partial charge in [0.1, 0.15) is 0 Å². The molecule has 1 N–H and O–H groups in total. The zero-order valence-corrected chi connectivity index (χ0v) is 14.0. The first-order chi connectivity index (χ1) is 9.48. The highest BCUT2D eigenvalue weighted by Crippen LogP contribution is 2.51. The summed E-state index contributed by atoms with van der Waals surface area (Å²) >= 11 is 0. The number of piperazine rings is 1. The number of nitrogens with one attached hydrogen (secondary N) is 1. The molecule has 1 heterocycles. The summed E-state index contributed by atoms with van der Waals surface area (Å²) in [6.07, 6.45) is 8.67. The van der Waals surface area contributed by atoms with Gasteiger partial charge in [0.25, 0.3) is 0 Å². The van der Waals surface area contributed by atoms with E-state index in [2.05, 4.69) is 37.9 Å². The molecule has 0 amide bonds. The summed E-state index contributed by atoms with van der Waals surface area (Å²) in [6, 6.07) is 0.746. The molecule has 1 aliphatic heterocycles. The van der Waals surface area contributed by atoms with Crippen LogP contribution in [0, 0.1) is 17.3 Å². The van der Waals surface area contributed by atoms with Crippen LogP contribution in [0.4, 0.5) is 0 Å². The SMILES string of the molecule is CCCC1(CN2CC(C)(C3CC3)NCC2C(C)C)CC1. The van der Waals surface area contributed by atoms with E-state index in [0.717, 1.165) is 17.9 Å². The monoisotopic (exact) mass is 278 g/mol. The molecular formula is C18H34N2. The lowest BCUT2D eigenvalue weighted by Gasteiger charge is -2.49. The Morgan fingerprint density at radius 3 is 2.45 bits per heavy atom. The first-order valence-corrected chi connectivity index (χ1v) is 8.97. The molecule has 20 heavy (non-hydrogen) atoms. The Bertz CT molecular complexity index is 343. The van der Waals surface area contributed by atoms with Crippen LogP contribution in [-0.2, 0) is 0 Å². The molecule has 0 aromatic heterocycles. The molecular weight excluding hydrogens is 244 g/mol. The third kappa shape index (κ3) is 2.92. The van der Waals surface area contributed by atoms with Gasteiger partial charge in [-0.3, -0.25) is 4.90 Å². The fourth-order valence-electron chi connectivity index (χ4n) is 4.51. The van der Waals surface area contributed by atoms with Gasteiger partial charge in [0, 0.05) is 31.2 Å². The van der Waals surface area contributed by atoms with Crippen LogP contribution in [0.25, 0.3) is 0 Å². The van der Waals surface area contributed by atoms with E-state index in [0.29, 0.717) is 11.0 Å². The first kappa shape index (κ1) is 14.8. The van der Waals surface area contributed by atoms with E-state index in [9.17, 15) is 0 Å². The van der Waals surface area contributed by atoms with Crippen LogP contribution in [0.2, 0.25) is 0 Å². The summed E-state index contributed by atoms with van der Waals surface area (Å²) < 4.78 is 0. The van der Waals surface area contributed by atoms with Gasteiger partial charge in [-0.25, -0.2) is 0 Å². The highest BCUT2D eigenvalue weighted by molar-refractivity contribution is 5.06. The van der Waals surface area contributed by atoms with Crippen LogP contribution in [0.15, 0.2) is 0 Å². The second kappa shape index (κ2) is 5.28. The van der Waals surface area contributed by atoms with Crippen molar-refractivity contribution in [1.82, 2.24) is 10.2 Å². The van der Waals surface area contributed by atoms with Gasteiger partial charge in [0.05, 0.1) is 0 Å². The normalized spacial score (nSPS) is 37.4. The highest BCUT2D eigenvalue weighted by Gasteiger charge is 2.50. The molecule has 0 aromatic carbocycles. The molecule has 1 saturated heterocycles. The van der Waals surface area contributed by atoms with Gasteiger partial charge in [0.2, 0.25) is 0 Å². The fraction of sp³-hybridized carbons (Fsp3) is 1.00. The van der Waals surface area contributed by atoms with Crippen molar-refractivity contribution in [3.05, 3.63) is 0 Å². The van der Waals surface area contributed by atoms with Crippen molar-refractivity contribution in [2.24, 2.45) is 17.3 Å². The molecule has 0 bridgehead atoms. The van der Waals surface area contributed by atoms with Gasteiger partial charge in [-0.2, -0.15) is 0 Å². The molecule has 0 spiro atoms. The van der Waals surface area contributed by atoms with E-state index in [4.69, 9.17) is 0 Å². The highest BCUT2D eigenvalue weighted by atomic mass is 15.3. The summed E-state index contributed by atoms with van der Waals surface area (Å²) in [6.45, 7) is 13.5. The smallest absolute Gasteiger partial charge is 0.0309 e. The van der Waals surface area contributed by atoms with Gasteiger partial charge in [-0.1, -0.05) is 27.2 Å². The molecule has 2 nitrogen and oxygen atoms in total. The van der Waals surface area contributed by atoms with E-state index in [1.807, 2.05) is 0 Å². The molecule has 2 atom stereocenters. The van der Waals surface area contributed by atoms with Crippen molar-refractivity contribution in [2.75, 3.05) is 19.6 Å². The van der Waals surface area contributed by atoms with Crippen molar-refractivity contribution in [3.63, 3.8) is 0 Å². The third-order valence-corrected chi connectivity index (χ3v) is 6.24. The maximum absolute atomic E-state index is 3.92. The summed E-state index contributed by atoms with van der Waals surface area (Å²) in [5.41, 5.74) is 1.09. The Hall–Kier alpha value is -0.0800. The molecule has 0 radical (unpaired) electrons. The zero-order valence-electron chi connectivity index (χ0n) is 14.0. The Morgan fingerprint density at radius 1 is 1.25 bits per heavy atom. The first-order valence-electron chi connectivity index (χ1n) is 8.97. The topological polar surface area (TPSA) is 15.3 Å². The van der Waals surface area contributed by atoms with Crippen LogP contribution in [0.1, 0.15) is 66.2 Å². The second-order valence-electron chi connectivity index (χ2n) is 8.54. The predicted octanol–water partition coefficient (Wildman–Crippen LogP) is 3.67. The predicted molar refractivity (Wildman–Crippen MR) is 85.9 cm³/mol. The van der Waals surface area contributed by atoms with Crippen LogP contribution < -0.4 is 5.32 Å². The summed E-state index contributed by atoms with van der Waals surface area (Å²) in [4.78, 5) is 2.88. The summed E-state index contributed by atoms with van der Waals surface area (Å²) in [7, 11) is 0. The average molecular weight is 278 g/mol. The lowest BCUT2D eigenvalue weighted by molar-refractivity contribution is 0.0349. The van der Waals surface area contributed by atoms with Gasteiger partial charge in [0.15, 0.2) is 0 Å². The van der Waals surface area contributed by atoms with E-state index in [1.165, 1.54) is 58.2 Å². The Balaban J connectivity index is 1.69. The fourth-order valence-corrected chi connectivity index (χ4v) is 4.51. The van der Waals surface area contributed by atoms with Gasteiger partial charge in [-0.15, -0.1) is 0 Å². The molecule has 116 valence electrons. The molecule has 2 heteroatoms. The molecule has 3 rings (SSSR count). The van der Waals surface area contributed by atoms with Crippen molar-refractivity contribution in [3.8, 4) is 0 Å². The number of nitrogens with zero attached hydrogens (tertiary/aromatic N) is 1. The summed E-state index contributed by atoms with van der Waals surface area (Å²) in [5, 5.41) is 3.92. The Kier molecular flexibility index (Phi) is 3.92. The Labute approximate surface area is 125 Å². The molecule has 2 unspecified atom stereocenters. The average Bonchev–Trinajstić information content (AvgIpc) is 3.23. The van der Waals surface area contributed by atoms with E-state index in [-0.39, 0.29) is 0 Å². The van der Waals surface area contributed by atoms with Gasteiger partial charge in [-0.05, 0) is 56.3 Å². The molecule has 2 aliphatic carbocycles. The number of hydrogen-bond acceptors (Lipinski definition) is 2. The van der Waals surface area contributed by atoms with Crippen LogP contribution in [-0.4, -0.2) is 36.1 Å². The van der Waals surface area contributed by atoms with E-state index in [1.54, 1.807) is 0 Å². The van der Waals surface area contributed by atoms with Crippen molar-refractivity contribution < 1.29 is 0 Å². The maximum atomic E-state index is 3.92. The van der Waals surface area contributed by atoms with Crippen molar-refractivity contribution in [1.29, 1.82) is 0 Å². The lowest BCUT2D eigenvalue weighted by atomic mass is 9.86. The lowest BCUT2D eigenvalue weighted by Crippen LogP contribution is -2.65. The quantitative estimate of drug-likeness (QED) is 0.797. The Morgan fingerprint density at radius 2 is 1.95 bits per heavy atom. The zero-order chi connectivity index (χ0) is 14.4. The number of hydrogen-bond donors (Lipinski definition) is 1. The second-order valence-corrected chi connectivity index (χ2v) is 8.54. The third-order valence-electron chi connectivity index (χ3n) is 6.24. The summed E-state index contributed by atoms with van der Waals surface area (Å²) in [5.74, 6) is 1.71. The minimum absolute atomic E-state index is 0.397. The van der Waals surface area contributed by atoms with Crippen LogP contribution in [0.5, 0.6) is 0 Å². The van der Waals surface area contributed by atoms with Gasteiger partial charge >= 0.3 is 0 Å². The minimum atomic E-state index is 0.397. The molecule has 3 aliphatic rings. The molecule has 2 saturated carbocycles. The molecule has 3 fully saturated rings. The standard InChI is InChI=1S/C18H34N2/c1-5-8-18(9-10-18)13-20-12-17(4,15-6-7-15)19-11-16(20)14(2)3/h14-16,19H,5-13H2,1-4H3. The van der Waals surface area contributed by atoms with Crippen LogP contribution in [0.3, 0.4) is 0 Å². The van der Waals surface area contributed by atoms with Gasteiger partial charge < -0.3 is 5.32 Å². The van der Waals surface area contributed by atoms with Crippen LogP contribution >= 0.6 is 0 Å².